The van der Waals surface area contributed by atoms with Gasteiger partial charge in [-0.1, -0.05) is 17.7 Å². The van der Waals surface area contributed by atoms with Gasteiger partial charge < -0.3 is 14.5 Å². The van der Waals surface area contributed by atoms with E-state index in [2.05, 4.69) is 10.3 Å². The lowest BCUT2D eigenvalue weighted by Crippen LogP contribution is -2.25. The molecular weight excluding hydrogens is 514 g/mol. The molecule has 0 aliphatic carbocycles. The summed E-state index contributed by atoms with van der Waals surface area (Å²) in [4.78, 5) is 30.4. The van der Waals surface area contributed by atoms with Crippen molar-refractivity contribution in [3.05, 3.63) is 91.9 Å². The fraction of sp³-hybridized carbons (Fsp3) is 0.276. The van der Waals surface area contributed by atoms with Crippen molar-refractivity contribution >= 4 is 34.2 Å². The molecule has 6 nitrogen and oxygen atoms in total. The molecule has 0 saturated heterocycles. The van der Waals surface area contributed by atoms with Gasteiger partial charge in [0.25, 0.3) is 0 Å². The molecule has 38 heavy (non-hydrogen) atoms. The third-order valence-electron chi connectivity index (χ3n) is 5.87. The summed E-state index contributed by atoms with van der Waals surface area (Å²) in [7, 11) is 0. The fourth-order valence-electron chi connectivity index (χ4n) is 4.15. The van der Waals surface area contributed by atoms with Gasteiger partial charge >= 0.3 is 5.97 Å². The lowest BCUT2D eigenvalue weighted by atomic mass is 9.98. The maximum absolute atomic E-state index is 14.0. The maximum Gasteiger partial charge on any atom is 0.359 e. The zero-order valence-electron chi connectivity index (χ0n) is 21.8. The predicted octanol–water partition coefficient (Wildman–Crippen LogP) is 7.53. The van der Waals surface area contributed by atoms with Crippen LogP contribution in [0.4, 0.5) is 14.5 Å². The van der Waals surface area contributed by atoms with Crippen molar-refractivity contribution in [3.63, 3.8) is 0 Å². The number of anilines is 1. The number of carbonyl (C=O) groups excluding carboxylic acids is 1. The molecule has 0 saturated carbocycles. The summed E-state index contributed by atoms with van der Waals surface area (Å²) in [6.45, 7) is 10.5. The number of hydrogen-bond donors (Lipinski definition) is 1. The fourth-order valence-corrected chi connectivity index (χ4v) is 4.29. The van der Waals surface area contributed by atoms with Gasteiger partial charge in [-0.2, -0.15) is 0 Å². The van der Waals surface area contributed by atoms with E-state index >= 15 is 0 Å². The standard InChI is InChI=1S/C29H27ClF2N2O4/c1-14-11-18(16(3)33-22-9-10-23(30)34-24(22)28(36)38-29(4,5)6)27-19(12-14)25(35)15(2)26(37-27)17-7-8-20(31)21(32)13-17/h7-13,16,33H,1-6H3/t16-/m1/s1. The number of nitrogens with one attached hydrogen (secondary N) is 1. The Morgan fingerprint density at radius 1 is 1.08 bits per heavy atom. The first kappa shape index (κ1) is 27.3. The molecular formula is C29H27ClF2N2O4. The predicted molar refractivity (Wildman–Crippen MR) is 144 cm³/mol. The summed E-state index contributed by atoms with van der Waals surface area (Å²) in [6, 6.07) is 9.59. The van der Waals surface area contributed by atoms with Crippen molar-refractivity contribution in [3.8, 4) is 11.3 Å². The van der Waals surface area contributed by atoms with E-state index in [1.807, 2.05) is 19.9 Å². The Bertz CT molecular complexity index is 1630. The van der Waals surface area contributed by atoms with Crippen LogP contribution in [0, 0.1) is 25.5 Å². The molecule has 198 valence electrons. The summed E-state index contributed by atoms with van der Waals surface area (Å²) in [5, 5.41) is 3.73. The first-order chi connectivity index (χ1) is 17.7. The highest BCUT2D eigenvalue weighted by Gasteiger charge is 2.25. The van der Waals surface area contributed by atoms with Crippen LogP contribution in [0.3, 0.4) is 0 Å². The van der Waals surface area contributed by atoms with Crippen molar-refractivity contribution in [2.45, 2.75) is 53.2 Å². The third-order valence-corrected chi connectivity index (χ3v) is 6.08. The van der Waals surface area contributed by atoms with Crippen LogP contribution in [0.2, 0.25) is 5.15 Å². The highest BCUT2D eigenvalue weighted by Crippen LogP contribution is 2.33. The molecule has 0 fully saturated rings. The highest BCUT2D eigenvalue weighted by atomic mass is 35.5. The number of halogens is 3. The van der Waals surface area contributed by atoms with E-state index in [9.17, 15) is 18.4 Å². The van der Waals surface area contributed by atoms with Gasteiger partial charge in [-0.25, -0.2) is 18.6 Å². The Balaban J connectivity index is 1.84. The number of aromatic nitrogens is 1. The van der Waals surface area contributed by atoms with Crippen LogP contribution in [0.25, 0.3) is 22.3 Å². The summed E-state index contributed by atoms with van der Waals surface area (Å²) in [5.41, 5.74) is 1.58. The molecule has 1 N–H and O–H groups in total. The average molecular weight is 541 g/mol. The summed E-state index contributed by atoms with van der Waals surface area (Å²) in [6.07, 6.45) is 0. The quantitative estimate of drug-likeness (QED) is 0.208. The number of rotatable bonds is 5. The lowest BCUT2D eigenvalue weighted by molar-refractivity contribution is 0.00640. The summed E-state index contributed by atoms with van der Waals surface area (Å²) >= 11 is 6.07. The molecule has 0 spiro atoms. The Hall–Kier alpha value is -3.78. The summed E-state index contributed by atoms with van der Waals surface area (Å²) in [5.74, 6) is -2.55. The minimum absolute atomic E-state index is 0.0102. The van der Waals surface area contributed by atoms with E-state index in [0.29, 0.717) is 16.6 Å². The largest absolute Gasteiger partial charge is 0.455 e. The molecule has 0 amide bonds. The number of aryl methyl sites for hydroxylation is 1. The molecule has 0 aliphatic heterocycles. The van der Waals surface area contributed by atoms with Crippen LogP contribution in [0.5, 0.6) is 0 Å². The van der Waals surface area contributed by atoms with Crippen LogP contribution in [0.1, 0.15) is 60.9 Å². The molecule has 2 aromatic heterocycles. The maximum atomic E-state index is 14.0. The summed E-state index contributed by atoms with van der Waals surface area (Å²) < 4.78 is 39.2. The van der Waals surface area contributed by atoms with Gasteiger partial charge in [0.1, 0.15) is 22.1 Å². The van der Waals surface area contributed by atoms with Gasteiger partial charge in [0, 0.05) is 16.7 Å². The zero-order chi connectivity index (χ0) is 27.9. The molecule has 0 unspecified atom stereocenters. The van der Waals surface area contributed by atoms with Crippen LogP contribution >= 0.6 is 11.6 Å². The van der Waals surface area contributed by atoms with Crippen molar-refractivity contribution in [1.29, 1.82) is 0 Å². The number of esters is 1. The second-order valence-electron chi connectivity index (χ2n) is 10.1. The lowest BCUT2D eigenvalue weighted by Gasteiger charge is -2.22. The first-order valence-electron chi connectivity index (χ1n) is 11.9. The molecule has 0 bridgehead atoms. The zero-order valence-corrected chi connectivity index (χ0v) is 22.6. The van der Waals surface area contributed by atoms with Gasteiger partial charge in [0.2, 0.25) is 0 Å². The van der Waals surface area contributed by atoms with Crippen molar-refractivity contribution in [1.82, 2.24) is 4.98 Å². The number of pyridine rings is 1. The number of ether oxygens (including phenoxy) is 1. The molecule has 4 aromatic rings. The second kappa shape index (κ2) is 10.2. The first-order valence-corrected chi connectivity index (χ1v) is 12.3. The number of fused-ring (bicyclic) bond motifs is 1. The Morgan fingerprint density at radius 3 is 2.45 bits per heavy atom. The molecule has 2 aromatic carbocycles. The number of benzene rings is 2. The van der Waals surface area contributed by atoms with E-state index in [1.165, 1.54) is 6.07 Å². The minimum atomic E-state index is -1.05. The van der Waals surface area contributed by atoms with Gasteiger partial charge in [0.15, 0.2) is 22.8 Å². The van der Waals surface area contributed by atoms with Gasteiger partial charge in [0.05, 0.1) is 17.1 Å². The van der Waals surface area contributed by atoms with E-state index in [4.69, 9.17) is 20.8 Å². The van der Waals surface area contributed by atoms with Crippen molar-refractivity contribution < 1.29 is 22.7 Å². The van der Waals surface area contributed by atoms with Crippen LogP contribution in [-0.2, 0) is 4.74 Å². The average Bonchev–Trinajstić information content (AvgIpc) is 2.83. The normalized spacial score (nSPS) is 12.4. The van der Waals surface area contributed by atoms with Gasteiger partial charge in [-0.05, 0) is 83.5 Å². The van der Waals surface area contributed by atoms with Crippen LogP contribution in [0.15, 0.2) is 51.7 Å². The Morgan fingerprint density at radius 2 is 1.79 bits per heavy atom. The molecule has 1 atom stereocenters. The van der Waals surface area contributed by atoms with Crippen molar-refractivity contribution in [2.24, 2.45) is 0 Å². The third kappa shape index (κ3) is 5.55. The van der Waals surface area contributed by atoms with Crippen LogP contribution < -0.4 is 10.7 Å². The second-order valence-corrected chi connectivity index (χ2v) is 10.5. The Kier molecular flexibility index (Phi) is 7.30. The molecule has 9 heteroatoms. The van der Waals surface area contributed by atoms with Crippen LogP contribution in [-0.4, -0.2) is 16.6 Å². The smallest absolute Gasteiger partial charge is 0.359 e. The molecule has 0 aliphatic rings. The monoisotopic (exact) mass is 540 g/mol. The van der Waals surface area contributed by atoms with E-state index in [1.54, 1.807) is 45.9 Å². The molecule has 2 heterocycles. The number of carbonyl (C=O) groups is 1. The minimum Gasteiger partial charge on any atom is -0.455 e. The van der Waals surface area contributed by atoms with E-state index in [0.717, 1.165) is 17.7 Å². The molecule has 4 rings (SSSR count). The van der Waals surface area contributed by atoms with E-state index in [-0.39, 0.29) is 38.7 Å². The van der Waals surface area contributed by atoms with E-state index < -0.39 is 29.2 Å². The Labute approximate surface area is 223 Å². The SMILES string of the molecule is Cc1cc([C@@H](C)Nc2ccc(Cl)nc2C(=O)OC(C)(C)C)c2oc(-c3ccc(F)c(F)c3)c(C)c(=O)c2c1. The highest BCUT2D eigenvalue weighted by molar-refractivity contribution is 6.29. The number of hydrogen-bond acceptors (Lipinski definition) is 6. The van der Waals surface area contributed by atoms with Gasteiger partial charge in [-0.3, -0.25) is 4.79 Å². The molecule has 0 radical (unpaired) electrons. The number of nitrogens with zero attached hydrogens (tertiary/aromatic N) is 1. The van der Waals surface area contributed by atoms with Gasteiger partial charge in [-0.15, -0.1) is 0 Å². The topological polar surface area (TPSA) is 81.4 Å². The van der Waals surface area contributed by atoms with Crippen molar-refractivity contribution in [2.75, 3.05) is 5.32 Å².